The van der Waals surface area contributed by atoms with Gasteiger partial charge in [0.1, 0.15) is 0 Å². The van der Waals surface area contributed by atoms with Crippen molar-refractivity contribution in [1.82, 2.24) is 0 Å². The number of allylic oxidation sites excluding steroid dienone is 6. The van der Waals surface area contributed by atoms with Gasteiger partial charge in [-0.15, -0.1) is 24.8 Å². The number of hydrogen-bond donors (Lipinski definition) is 0. The molecule has 1 radical (unpaired) electrons. The first kappa shape index (κ1) is 20.2. The molecule has 0 aromatic heterocycles. The van der Waals surface area contributed by atoms with Crippen molar-refractivity contribution >= 4 is 0 Å². The Hall–Kier alpha value is -0.300. The molecule has 1 heteroatoms. The van der Waals surface area contributed by atoms with Gasteiger partial charge >= 0.3 is 22.4 Å². The van der Waals surface area contributed by atoms with Crippen LogP contribution in [0.5, 0.6) is 0 Å². The minimum Gasteiger partial charge on any atom is -0.330 e. The maximum atomic E-state index is 5.82. The SMILES string of the molecule is CC.[CH-]=C(C[CH-]C)C(/C=C\C)=C/C=C.[Nb+2]. The van der Waals surface area contributed by atoms with E-state index in [0.29, 0.717) is 0 Å². The zero-order valence-electron chi connectivity index (χ0n) is 10.3. The topological polar surface area (TPSA) is 0 Å². The van der Waals surface area contributed by atoms with Crippen molar-refractivity contribution in [3.63, 3.8) is 0 Å². The molecule has 0 saturated heterocycles. The first-order chi connectivity index (χ1) is 6.76. The second kappa shape index (κ2) is 16.1. The summed E-state index contributed by atoms with van der Waals surface area (Å²) in [5, 5.41) is 0. The molecular formula is C14H22Nb. The van der Waals surface area contributed by atoms with Crippen LogP contribution in [0.2, 0.25) is 0 Å². The summed E-state index contributed by atoms with van der Waals surface area (Å²) in [6.45, 7) is 17.4. The Labute approximate surface area is 111 Å². The van der Waals surface area contributed by atoms with Gasteiger partial charge in [-0.2, -0.15) is 18.9 Å². The molecular weight excluding hydrogens is 261 g/mol. The molecule has 0 aliphatic rings. The van der Waals surface area contributed by atoms with E-state index in [-0.39, 0.29) is 22.4 Å². The number of rotatable bonds is 5. The zero-order valence-corrected chi connectivity index (χ0v) is 12.5. The van der Waals surface area contributed by atoms with E-state index in [9.17, 15) is 0 Å². The van der Waals surface area contributed by atoms with Gasteiger partial charge in [-0.25, -0.2) is 5.57 Å². The molecule has 0 aromatic carbocycles. The van der Waals surface area contributed by atoms with Crippen molar-refractivity contribution < 1.29 is 22.4 Å². The Morgan fingerprint density at radius 3 is 2.27 bits per heavy atom. The van der Waals surface area contributed by atoms with Gasteiger partial charge in [0.2, 0.25) is 0 Å². The van der Waals surface area contributed by atoms with Gasteiger partial charge in [0.05, 0.1) is 0 Å². The molecule has 0 aliphatic carbocycles. The summed E-state index contributed by atoms with van der Waals surface area (Å²) in [5.41, 5.74) is 1.93. The third-order valence-electron chi connectivity index (χ3n) is 1.44. The van der Waals surface area contributed by atoms with Crippen molar-refractivity contribution in [2.75, 3.05) is 0 Å². The van der Waals surface area contributed by atoms with Crippen molar-refractivity contribution in [2.45, 2.75) is 34.1 Å². The molecule has 0 amide bonds. The Morgan fingerprint density at radius 1 is 1.40 bits per heavy atom. The smallest absolute Gasteiger partial charge is 0.330 e. The van der Waals surface area contributed by atoms with E-state index in [4.69, 9.17) is 6.58 Å². The van der Waals surface area contributed by atoms with Gasteiger partial charge in [-0.05, 0) is 6.92 Å². The van der Waals surface area contributed by atoms with E-state index in [1.165, 1.54) is 0 Å². The fourth-order valence-electron chi connectivity index (χ4n) is 0.914. The quantitative estimate of drug-likeness (QED) is 0.390. The fraction of sp³-hybridized carbons (Fsp3) is 0.357. The molecule has 0 heterocycles. The van der Waals surface area contributed by atoms with Crippen LogP contribution in [0.4, 0.5) is 0 Å². The third-order valence-corrected chi connectivity index (χ3v) is 1.44. The summed E-state index contributed by atoms with van der Waals surface area (Å²) in [6, 6.07) is 0. The molecule has 0 saturated carbocycles. The van der Waals surface area contributed by atoms with Crippen LogP contribution >= 0.6 is 0 Å². The summed E-state index contributed by atoms with van der Waals surface area (Å²) in [7, 11) is 0. The molecule has 0 unspecified atom stereocenters. The summed E-state index contributed by atoms with van der Waals surface area (Å²) in [6.07, 6.45) is 10.5. The van der Waals surface area contributed by atoms with Crippen molar-refractivity contribution in [1.29, 1.82) is 0 Å². The van der Waals surface area contributed by atoms with Crippen LogP contribution in [-0.4, -0.2) is 0 Å². The second-order valence-electron chi connectivity index (χ2n) is 2.50. The molecule has 0 bridgehead atoms. The Balaban J connectivity index is -0.000000449. The maximum Gasteiger partial charge on any atom is 2.00 e. The molecule has 0 nitrogen and oxygen atoms in total. The summed E-state index contributed by atoms with van der Waals surface area (Å²) >= 11 is 0. The maximum absolute atomic E-state index is 5.82. The first-order valence-electron chi connectivity index (χ1n) is 5.11. The Morgan fingerprint density at radius 2 is 1.93 bits per heavy atom. The summed E-state index contributed by atoms with van der Waals surface area (Å²) in [5.74, 6) is 0. The minimum atomic E-state index is 0. The van der Waals surface area contributed by atoms with E-state index in [1.807, 2.05) is 52.3 Å². The third kappa shape index (κ3) is 11.6. The fourth-order valence-corrected chi connectivity index (χ4v) is 0.914. The molecule has 0 aliphatic heterocycles. The standard InChI is InChI=1S/C12H16.C2H6.Nb/c1-5-8-11(4)12(9-6-2)10-7-3;1-2;/h4-7,9-10H,2,8H2,1,3H3;1-2H3;/q-2;;+2/b10-7-,12-9+;;. The van der Waals surface area contributed by atoms with Gasteiger partial charge < -0.3 is 6.42 Å². The largest absolute Gasteiger partial charge is 2.00 e. The molecule has 15 heavy (non-hydrogen) atoms. The van der Waals surface area contributed by atoms with E-state index in [0.717, 1.165) is 17.6 Å². The first-order valence-corrected chi connectivity index (χ1v) is 5.11. The van der Waals surface area contributed by atoms with Crippen LogP contribution in [0.3, 0.4) is 0 Å². The Kier molecular flexibility index (Phi) is 21.7. The minimum absolute atomic E-state index is 0. The normalized spacial score (nSPS) is 10.0. The Bertz CT molecular complexity index is 209. The van der Waals surface area contributed by atoms with Gasteiger partial charge in [0.15, 0.2) is 0 Å². The van der Waals surface area contributed by atoms with Crippen LogP contribution in [0.25, 0.3) is 0 Å². The van der Waals surface area contributed by atoms with Crippen LogP contribution in [0.15, 0.2) is 42.0 Å². The van der Waals surface area contributed by atoms with E-state index in [1.54, 1.807) is 6.08 Å². The second-order valence-corrected chi connectivity index (χ2v) is 2.50. The van der Waals surface area contributed by atoms with Crippen LogP contribution in [0.1, 0.15) is 34.1 Å². The zero-order chi connectivity index (χ0) is 11.4. The van der Waals surface area contributed by atoms with Crippen LogP contribution in [0, 0.1) is 13.0 Å². The van der Waals surface area contributed by atoms with Gasteiger partial charge in [0, 0.05) is 0 Å². The average Bonchev–Trinajstić information content (AvgIpc) is 2.21. The predicted molar refractivity (Wildman–Crippen MR) is 66.8 cm³/mol. The molecule has 0 fully saturated rings. The van der Waals surface area contributed by atoms with E-state index >= 15 is 0 Å². The predicted octanol–water partition coefficient (Wildman–Crippen LogP) is 4.67. The van der Waals surface area contributed by atoms with Crippen molar-refractivity contribution in [3.8, 4) is 0 Å². The molecule has 83 valence electrons. The molecule has 0 spiro atoms. The van der Waals surface area contributed by atoms with Gasteiger partial charge in [0.25, 0.3) is 0 Å². The molecule has 0 aromatic rings. The molecule has 0 rings (SSSR count). The van der Waals surface area contributed by atoms with E-state index in [2.05, 4.69) is 6.58 Å². The number of hydrogen-bond acceptors (Lipinski definition) is 0. The van der Waals surface area contributed by atoms with E-state index < -0.39 is 0 Å². The van der Waals surface area contributed by atoms with Crippen molar-refractivity contribution in [2.24, 2.45) is 0 Å². The van der Waals surface area contributed by atoms with Gasteiger partial charge in [-0.1, -0.05) is 19.9 Å². The monoisotopic (exact) mass is 283 g/mol. The summed E-state index contributed by atoms with van der Waals surface area (Å²) < 4.78 is 0. The van der Waals surface area contributed by atoms with Gasteiger partial charge in [-0.3, -0.25) is 6.58 Å². The average molecular weight is 283 g/mol. The van der Waals surface area contributed by atoms with Crippen LogP contribution < -0.4 is 0 Å². The summed E-state index contributed by atoms with van der Waals surface area (Å²) in [4.78, 5) is 0. The van der Waals surface area contributed by atoms with Crippen molar-refractivity contribution in [3.05, 3.63) is 55.0 Å². The molecule has 0 atom stereocenters. The molecule has 0 N–H and O–H groups in total. The van der Waals surface area contributed by atoms with Crippen LogP contribution in [-0.2, 0) is 22.4 Å².